The topological polar surface area (TPSA) is 578 Å². The maximum Gasteiger partial charge on any atom is 0.326 e. The highest BCUT2D eigenvalue weighted by Crippen LogP contribution is 2.12. The van der Waals surface area contributed by atoms with Crippen molar-refractivity contribution in [1.82, 2.24) is 47.9 Å². The lowest BCUT2D eigenvalue weighted by Gasteiger charge is -2.29. The second kappa shape index (κ2) is 34.0. The summed E-state index contributed by atoms with van der Waals surface area (Å²) in [4.78, 5) is 179. The number of rotatable bonds is 37. The van der Waals surface area contributed by atoms with Crippen LogP contribution in [-0.2, 0) is 67.1 Å². The minimum absolute atomic E-state index is 0.137. The fourth-order valence-electron chi connectivity index (χ4n) is 6.55. The maximum absolute atomic E-state index is 13.9. The molecular weight excluding hydrogens is 1020 g/mol. The zero-order valence-electron chi connectivity index (χ0n) is 42.6. The first-order valence-corrected chi connectivity index (χ1v) is 23.7. The van der Waals surface area contributed by atoms with E-state index in [4.69, 9.17) is 28.7 Å². The Morgan fingerprint density at radius 1 is 0.421 bits per heavy atom. The molecule has 430 valence electrons. The number of hydrogen-bond donors (Lipinski definition) is 19. The van der Waals surface area contributed by atoms with E-state index in [-0.39, 0.29) is 18.8 Å². The van der Waals surface area contributed by atoms with Gasteiger partial charge < -0.3 is 102 Å². The molecule has 0 aromatic carbocycles. The van der Waals surface area contributed by atoms with E-state index in [0.717, 1.165) is 0 Å². The monoisotopic (exact) mass is 1090 g/mol. The van der Waals surface area contributed by atoms with Crippen molar-refractivity contribution in [3.8, 4) is 0 Å². The molecule has 0 bridgehead atoms. The fourth-order valence-corrected chi connectivity index (χ4v) is 6.55. The summed E-state index contributed by atoms with van der Waals surface area (Å²) < 4.78 is 0. The molecule has 0 spiro atoms. The van der Waals surface area contributed by atoms with E-state index in [2.05, 4.69) is 37.2 Å². The van der Waals surface area contributed by atoms with Gasteiger partial charge in [-0.15, -0.1) is 0 Å². The van der Waals surface area contributed by atoms with Gasteiger partial charge in [-0.05, 0) is 38.0 Å². The highest BCUT2D eigenvalue weighted by molar-refractivity contribution is 5.99. The molecule has 0 unspecified atom stereocenters. The molecule has 24 N–H and O–H groups in total. The summed E-state index contributed by atoms with van der Waals surface area (Å²) in [6.45, 7) is 4.09. The molecule has 0 aromatic heterocycles. The van der Waals surface area contributed by atoms with Gasteiger partial charge in [-0.2, -0.15) is 0 Å². The second-order valence-corrected chi connectivity index (χ2v) is 18.0. The van der Waals surface area contributed by atoms with Gasteiger partial charge in [0, 0.05) is 12.8 Å². The van der Waals surface area contributed by atoms with Crippen molar-refractivity contribution in [2.45, 2.75) is 153 Å². The van der Waals surface area contributed by atoms with Gasteiger partial charge in [0.2, 0.25) is 76.8 Å². The first-order valence-electron chi connectivity index (χ1n) is 23.7. The first kappa shape index (κ1) is 68.4. The molecule has 0 saturated carbocycles. The zero-order chi connectivity index (χ0) is 58.7. The zero-order valence-corrected chi connectivity index (χ0v) is 42.6. The van der Waals surface area contributed by atoms with E-state index in [1.165, 1.54) is 13.8 Å². The second-order valence-electron chi connectivity index (χ2n) is 18.0. The van der Waals surface area contributed by atoms with Crippen LogP contribution in [0.2, 0.25) is 0 Å². The lowest BCUT2D eigenvalue weighted by molar-refractivity contribution is -0.144. The Kier molecular flexibility index (Phi) is 30.6. The largest absolute Gasteiger partial charge is 0.480 e. The smallest absolute Gasteiger partial charge is 0.326 e. The number of amides is 13. The molecule has 0 radical (unpaired) electrons. The Bertz CT molecular complexity index is 2100. The van der Waals surface area contributed by atoms with E-state index in [9.17, 15) is 92.7 Å². The highest BCUT2D eigenvalue weighted by Gasteiger charge is 2.37. The average molecular weight is 1090 g/mol. The molecule has 0 heterocycles. The molecule has 0 saturated heterocycles. The van der Waals surface area contributed by atoms with Crippen LogP contribution in [0.25, 0.3) is 0 Å². The van der Waals surface area contributed by atoms with E-state index in [1.807, 2.05) is 10.6 Å². The molecular formula is C43H74N14O19. The van der Waals surface area contributed by atoms with Gasteiger partial charge in [0.1, 0.15) is 60.4 Å². The number of hydrogen-bond acceptors (Lipinski definition) is 19. The molecule has 0 fully saturated rings. The van der Waals surface area contributed by atoms with E-state index in [1.54, 1.807) is 20.8 Å². The Hall–Kier alpha value is -7.62. The quantitative estimate of drug-likeness (QED) is 0.0275. The molecule has 0 aliphatic carbocycles. The van der Waals surface area contributed by atoms with Crippen molar-refractivity contribution in [1.29, 1.82) is 0 Å². The van der Waals surface area contributed by atoms with Crippen LogP contribution in [0.4, 0.5) is 0 Å². The summed E-state index contributed by atoms with van der Waals surface area (Å²) >= 11 is 0. The molecule has 76 heavy (non-hydrogen) atoms. The summed E-state index contributed by atoms with van der Waals surface area (Å²) in [6.07, 6.45) is -5.28. The van der Waals surface area contributed by atoms with Crippen LogP contribution in [0, 0.1) is 11.8 Å². The van der Waals surface area contributed by atoms with Crippen molar-refractivity contribution in [3.05, 3.63) is 0 Å². The number of aliphatic hydroxyl groups excluding tert-OH is 4. The third-order valence-corrected chi connectivity index (χ3v) is 11.1. The van der Waals surface area contributed by atoms with E-state index < -0.39 is 214 Å². The predicted molar refractivity (Wildman–Crippen MR) is 259 cm³/mol. The van der Waals surface area contributed by atoms with Gasteiger partial charge in [0.15, 0.2) is 0 Å². The summed E-state index contributed by atoms with van der Waals surface area (Å²) in [5.74, 6) is -17.6. The summed E-state index contributed by atoms with van der Waals surface area (Å²) in [6, 6.07) is -17.5. The average Bonchev–Trinajstić information content (AvgIpc) is 3.33. The molecule has 0 aliphatic rings. The van der Waals surface area contributed by atoms with Crippen LogP contribution < -0.4 is 76.5 Å². The lowest BCUT2D eigenvalue weighted by atomic mass is 9.97. The highest BCUT2D eigenvalue weighted by atomic mass is 16.4. The number of nitrogens with one attached hydrogen (secondary N) is 9. The molecule has 33 heteroatoms. The first-order chi connectivity index (χ1) is 35.3. The van der Waals surface area contributed by atoms with Gasteiger partial charge in [0.25, 0.3) is 0 Å². The van der Waals surface area contributed by atoms with Crippen molar-refractivity contribution >= 4 is 82.8 Å². The van der Waals surface area contributed by atoms with Crippen LogP contribution in [-0.4, -0.2) is 195 Å². The van der Waals surface area contributed by atoms with Gasteiger partial charge in [-0.3, -0.25) is 62.3 Å². The van der Waals surface area contributed by atoms with Gasteiger partial charge in [0.05, 0.1) is 38.8 Å². The molecule has 12 atom stereocenters. The van der Waals surface area contributed by atoms with E-state index in [0.29, 0.717) is 0 Å². The number of nitrogens with two attached hydrogens (primary N) is 5. The molecule has 0 aromatic rings. The normalized spacial score (nSPS) is 15.8. The Morgan fingerprint density at radius 2 is 0.737 bits per heavy atom. The van der Waals surface area contributed by atoms with Gasteiger partial charge in [-0.1, -0.05) is 34.1 Å². The molecule has 33 nitrogen and oxygen atoms in total. The van der Waals surface area contributed by atoms with Crippen molar-refractivity contribution in [2.24, 2.45) is 40.5 Å². The predicted octanol–water partition coefficient (Wildman–Crippen LogP) is -10.5. The molecule has 0 rings (SSSR count). The van der Waals surface area contributed by atoms with Gasteiger partial charge in [-0.25, -0.2) is 4.79 Å². The summed E-state index contributed by atoms with van der Waals surface area (Å²) in [5, 5.41) is 68.7. The Labute approximate surface area is 435 Å². The van der Waals surface area contributed by atoms with Crippen molar-refractivity contribution in [2.75, 3.05) is 19.8 Å². The number of carboxylic acids is 1. The molecule has 13 amide bonds. The third kappa shape index (κ3) is 25.1. The minimum atomic E-state index is -1.90. The van der Waals surface area contributed by atoms with Crippen molar-refractivity contribution < 1.29 is 92.7 Å². The lowest BCUT2D eigenvalue weighted by Crippen LogP contribution is -2.62. The Balaban J connectivity index is 6.60. The van der Waals surface area contributed by atoms with Crippen LogP contribution >= 0.6 is 0 Å². The van der Waals surface area contributed by atoms with Crippen LogP contribution in [0.3, 0.4) is 0 Å². The standard InChI is InChI=1S/C43H74N14O19/c1-6-18(4)33(42(74)56-27(16-60)40(72)55-26(15-59)39(71)53-24(43(75)76)13-31(47)65)57-35(67)21(8-10-29(45)63)49-34(66)20(7-9-28(44)62)50-38(70)25(14-58)54-36(68)22(11-17(2)3)51-37(69)23(12-30(46)64)52-41(73)32(48)19(5)61/h17-27,32-33,58-61H,6-16,48H2,1-5H3,(H2,44,62)(H2,45,63)(H2,46,64)(H2,47,65)(H,49,66)(H,50,70)(H,51,69)(H,52,73)(H,53,71)(H,54,68)(H,55,72)(H,56,74)(H,57,67)(H,75,76)/t18-,19+,20-,21-,22-,23-,24-,25-,26-,27-,32-,33-/m0/s1. The number of aliphatic carboxylic acids is 1. The van der Waals surface area contributed by atoms with Crippen LogP contribution in [0.5, 0.6) is 0 Å². The fraction of sp³-hybridized carbons (Fsp3) is 0.674. The maximum atomic E-state index is 13.9. The van der Waals surface area contributed by atoms with Gasteiger partial charge >= 0.3 is 5.97 Å². The summed E-state index contributed by atoms with van der Waals surface area (Å²) in [5.41, 5.74) is 26.5. The molecule has 0 aliphatic heterocycles. The number of carbonyl (C=O) groups is 14. The number of primary amides is 4. The minimum Gasteiger partial charge on any atom is -0.480 e. The Morgan fingerprint density at radius 3 is 1.09 bits per heavy atom. The number of carboxylic acid groups (broad SMARTS) is 1. The summed E-state index contributed by atoms with van der Waals surface area (Å²) in [7, 11) is 0. The third-order valence-electron chi connectivity index (χ3n) is 11.1. The van der Waals surface area contributed by atoms with Crippen molar-refractivity contribution in [3.63, 3.8) is 0 Å². The van der Waals surface area contributed by atoms with Crippen LogP contribution in [0.15, 0.2) is 0 Å². The van der Waals surface area contributed by atoms with Crippen LogP contribution in [0.1, 0.15) is 86.0 Å². The number of carbonyl (C=O) groups excluding carboxylic acids is 13. The number of aliphatic hydroxyl groups is 4. The van der Waals surface area contributed by atoms with E-state index >= 15 is 0 Å². The SMILES string of the molecule is CC[C@H](C)[C@H](NC(=O)[C@H](CCC(N)=O)NC(=O)[C@H](CCC(N)=O)NC(=O)[C@H](CO)NC(=O)[C@H](CC(C)C)NC(=O)[C@H](CC(N)=O)NC(=O)[C@@H](N)[C@@H](C)O)C(=O)N[C@@H](CO)C(=O)N[C@@H](CO)C(=O)N[C@@H](CC(N)=O)C(=O)O.